The van der Waals surface area contributed by atoms with Crippen LogP contribution in [0.25, 0.3) is 0 Å². The third-order valence-electron chi connectivity index (χ3n) is 4.72. The molecule has 0 radical (unpaired) electrons. The van der Waals surface area contributed by atoms with Crippen molar-refractivity contribution >= 4 is 0 Å². The van der Waals surface area contributed by atoms with Crippen LogP contribution < -0.4 is 5.32 Å². The van der Waals surface area contributed by atoms with E-state index in [4.69, 9.17) is 5.10 Å². The monoisotopic (exact) mass is 262 g/mol. The Labute approximate surface area is 116 Å². The Kier molecular flexibility index (Phi) is 4.18. The zero-order valence-electron chi connectivity index (χ0n) is 12.0. The second-order valence-corrected chi connectivity index (χ2v) is 6.13. The first kappa shape index (κ1) is 13.1. The molecule has 0 amide bonds. The maximum absolute atomic E-state index is 4.72. The highest BCUT2D eigenvalue weighted by Crippen LogP contribution is 2.28. The van der Waals surface area contributed by atoms with Gasteiger partial charge in [-0.15, -0.1) is 0 Å². The minimum Gasteiger partial charge on any atom is -0.310 e. The Morgan fingerprint density at radius 3 is 2.84 bits per heavy atom. The Balaban J connectivity index is 1.45. The maximum atomic E-state index is 4.72. The van der Waals surface area contributed by atoms with Crippen LogP contribution in [-0.4, -0.2) is 40.9 Å². The van der Waals surface area contributed by atoms with Gasteiger partial charge in [0.25, 0.3) is 0 Å². The van der Waals surface area contributed by atoms with Gasteiger partial charge >= 0.3 is 0 Å². The number of rotatable bonds is 5. The highest BCUT2D eigenvalue weighted by molar-refractivity contribution is 5.00. The number of likely N-dealkylation sites (tertiary alicyclic amines) is 1. The molecule has 2 fully saturated rings. The van der Waals surface area contributed by atoms with Gasteiger partial charge < -0.3 is 10.2 Å². The van der Waals surface area contributed by atoms with Crippen LogP contribution >= 0.6 is 0 Å². The van der Waals surface area contributed by atoms with Gasteiger partial charge in [0.15, 0.2) is 0 Å². The lowest BCUT2D eigenvalue weighted by molar-refractivity contribution is 0.299. The minimum absolute atomic E-state index is 0.662. The summed E-state index contributed by atoms with van der Waals surface area (Å²) in [6, 6.07) is 3.55. The summed E-state index contributed by atoms with van der Waals surface area (Å²) in [6.07, 6.45) is 10.2. The highest BCUT2D eigenvalue weighted by atomic mass is 15.3. The number of likely N-dealkylation sites (N-methyl/N-ethyl adjacent to an activating group) is 1. The smallest absolute Gasteiger partial charge is 0.0762 e. The van der Waals surface area contributed by atoms with Crippen LogP contribution in [0.4, 0.5) is 0 Å². The number of hydrogen-bond acceptors (Lipinski definition) is 3. The molecule has 0 bridgehead atoms. The van der Waals surface area contributed by atoms with Crippen molar-refractivity contribution in [3.8, 4) is 0 Å². The van der Waals surface area contributed by atoms with E-state index < -0.39 is 0 Å². The Hall–Kier alpha value is -0.870. The topological polar surface area (TPSA) is 33.1 Å². The molecule has 106 valence electrons. The molecule has 0 aromatic carbocycles. The van der Waals surface area contributed by atoms with E-state index in [1.54, 1.807) is 0 Å². The zero-order valence-corrected chi connectivity index (χ0v) is 12.0. The molecule has 0 spiro atoms. The van der Waals surface area contributed by atoms with E-state index in [0.717, 1.165) is 19.1 Å². The molecule has 2 aliphatic rings. The van der Waals surface area contributed by atoms with E-state index >= 15 is 0 Å². The third-order valence-corrected chi connectivity index (χ3v) is 4.72. The van der Waals surface area contributed by atoms with Crippen molar-refractivity contribution in [2.45, 2.75) is 57.2 Å². The summed E-state index contributed by atoms with van der Waals surface area (Å²) in [5, 5.41) is 8.28. The van der Waals surface area contributed by atoms with Crippen molar-refractivity contribution in [3.63, 3.8) is 0 Å². The molecule has 1 aliphatic carbocycles. The van der Waals surface area contributed by atoms with Crippen LogP contribution in [0.15, 0.2) is 12.3 Å². The molecule has 19 heavy (non-hydrogen) atoms. The highest BCUT2D eigenvalue weighted by Gasteiger charge is 2.20. The van der Waals surface area contributed by atoms with Gasteiger partial charge in [0.1, 0.15) is 0 Å². The Morgan fingerprint density at radius 1 is 1.26 bits per heavy atom. The fourth-order valence-electron chi connectivity index (χ4n) is 3.45. The van der Waals surface area contributed by atoms with Crippen LogP contribution in [0, 0.1) is 0 Å². The van der Waals surface area contributed by atoms with Crippen LogP contribution in [0.1, 0.15) is 50.3 Å². The van der Waals surface area contributed by atoms with E-state index in [1.165, 1.54) is 50.8 Å². The van der Waals surface area contributed by atoms with Crippen molar-refractivity contribution in [1.29, 1.82) is 0 Å². The largest absolute Gasteiger partial charge is 0.310 e. The molecule has 1 aromatic rings. The van der Waals surface area contributed by atoms with Gasteiger partial charge in [-0.25, -0.2) is 0 Å². The number of nitrogens with zero attached hydrogens (tertiary/aromatic N) is 3. The number of nitrogens with one attached hydrogen (secondary N) is 1. The number of aromatic nitrogens is 2. The molecule has 1 atom stereocenters. The van der Waals surface area contributed by atoms with E-state index in [0.29, 0.717) is 6.04 Å². The van der Waals surface area contributed by atoms with Crippen molar-refractivity contribution in [3.05, 3.63) is 18.0 Å². The molecule has 4 nitrogen and oxygen atoms in total. The summed E-state index contributed by atoms with van der Waals surface area (Å²) in [5.41, 5.74) is 1.19. The fraction of sp³-hybridized carbons (Fsp3) is 0.800. The molecule has 1 aromatic heterocycles. The summed E-state index contributed by atoms with van der Waals surface area (Å²) in [6.45, 7) is 3.25. The predicted molar refractivity (Wildman–Crippen MR) is 77.1 cm³/mol. The van der Waals surface area contributed by atoms with E-state index in [2.05, 4.69) is 34.2 Å². The molecule has 1 saturated carbocycles. The standard InChI is InChI=1S/C15H26N4/c1-18-9-4-7-15(18)12-16-11-13-8-10-19(17-13)14-5-2-3-6-14/h8,10,14-16H,2-7,9,11-12H2,1H3. The molecular formula is C15H26N4. The zero-order chi connectivity index (χ0) is 13.1. The Morgan fingerprint density at radius 2 is 2.11 bits per heavy atom. The number of hydrogen-bond donors (Lipinski definition) is 1. The van der Waals surface area contributed by atoms with Crippen LogP contribution in [-0.2, 0) is 6.54 Å². The van der Waals surface area contributed by atoms with E-state index in [1.807, 2.05) is 0 Å². The summed E-state index contributed by atoms with van der Waals surface area (Å²) in [4.78, 5) is 2.46. The van der Waals surface area contributed by atoms with Crippen molar-refractivity contribution in [2.24, 2.45) is 0 Å². The SMILES string of the molecule is CN1CCCC1CNCc1ccn(C2CCCC2)n1. The maximum Gasteiger partial charge on any atom is 0.0762 e. The molecule has 1 aliphatic heterocycles. The van der Waals surface area contributed by atoms with Gasteiger partial charge in [-0.2, -0.15) is 5.10 Å². The van der Waals surface area contributed by atoms with Crippen LogP contribution in [0.3, 0.4) is 0 Å². The predicted octanol–water partition coefficient (Wildman–Crippen LogP) is 2.18. The third kappa shape index (κ3) is 3.18. The molecule has 1 saturated heterocycles. The summed E-state index contributed by atoms with van der Waals surface area (Å²) >= 11 is 0. The molecular weight excluding hydrogens is 236 g/mol. The van der Waals surface area contributed by atoms with Crippen LogP contribution in [0.5, 0.6) is 0 Å². The second-order valence-electron chi connectivity index (χ2n) is 6.13. The fourth-order valence-corrected chi connectivity index (χ4v) is 3.45. The minimum atomic E-state index is 0.662. The molecule has 1 unspecified atom stereocenters. The summed E-state index contributed by atoms with van der Waals surface area (Å²) < 4.78 is 2.19. The van der Waals surface area contributed by atoms with Crippen molar-refractivity contribution < 1.29 is 0 Å². The first-order chi connectivity index (χ1) is 9.33. The Bertz CT molecular complexity index is 395. The van der Waals surface area contributed by atoms with Gasteiger partial charge in [0.05, 0.1) is 11.7 Å². The first-order valence-electron chi connectivity index (χ1n) is 7.78. The first-order valence-corrected chi connectivity index (χ1v) is 7.78. The van der Waals surface area contributed by atoms with Crippen molar-refractivity contribution in [2.75, 3.05) is 20.1 Å². The lowest BCUT2D eigenvalue weighted by Gasteiger charge is -2.19. The van der Waals surface area contributed by atoms with E-state index in [-0.39, 0.29) is 0 Å². The van der Waals surface area contributed by atoms with Crippen molar-refractivity contribution in [1.82, 2.24) is 20.0 Å². The van der Waals surface area contributed by atoms with Gasteiger partial charge in [0, 0.05) is 25.3 Å². The molecule has 3 rings (SSSR count). The second kappa shape index (κ2) is 6.06. The average molecular weight is 262 g/mol. The average Bonchev–Trinajstić information content (AvgIpc) is 3.11. The molecule has 4 heteroatoms. The normalized spacial score (nSPS) is 25.4. The molecule has 2 heterocycles. The summed E-state index contributed by atoms with van der Waals surface area (Å²) in [7, 11) is 2.23. The van der Waals surface area contributed by atoms with Crippen LogP contribution in [0.2, 0.25) is 0 Å². The lowest BCUT2D eigenvalue weighted by atomic mass is 10.2. The van der Waals surface area contributed by atoms with E-state index in [9.17, 15) is 0 Å². The van der Waals surface area contributed by atoms with Gasteiger partial charge in [0.2, 0.25) is 0 Å². The summed E-state index contributed by atoms with van der Waals surface area (Å²) in [5.74, 6) is 0. The quantitative estimate of drug-likeness (QED) is 0.883. The van der Waals surface area contributed by atoms with Gasteiger partial charge in [-0.3, -0.25) is 4.68 Å². The van der Waals surface area contributed by atoms with Gasteiger partial charge in [-0.1, -0.05) is 12.8 Å². The lowest BCUT2D eigenvalue weighted by Crippen LogP contribution is -2.35. The van der Waals surface area contributed by atoms with Gasteiger partial charge in [-0.05, 0) is 45.3 Å². The molecule has 1 N–H and O–H groups in total.